The summed E-state index contributed by atoms with van der Waals surface area (Å²) in [6.07, 6.45) is 3.82. The maximum Gasteiger partial charge on any atom is 0.285 e. The first kappa shape index (κ1) is 14.4. The summed E-state index contributed by atoms with van der Waals surface area (Å²) in [5, 5.41) is 5.00. The van der Waals surface area contributed by atoms with E-state index in [1.54, 1.807) is 10.7 Å². The van der Waals surface area contributed by atoms with Gasteiger partial charge in [-0.15, -0.1) is 5.10 Å². The number of imidazole rings is 1. The fourth-order valence-corrected chi connectivity index (χ4v) is 4.21. The van der Waals surface area contributed by atoms with Gasteiger partial charge in [-0.05, 0) is 37.8 Å². The average Bonchev–Trinajstić information content (AvgIpc) is 3.25. The summed E-state index contributed by atoms with van der Waals surface area (Å²) in [7, 11) is 0. The van der Waals surface area contributed by atoms with Crippen LogP contribution in [0.25, 0.3) is 4.83 Å². The molecule has 1 aliphatic rings. The van der Waals surface area contributed by atoms with Crippen LogP contribution in [0.2, 0.25) is 0 Å². The molecule has 1 aliphatic heterocycles. The standard InChI is InChI=1S/C17H18N4OS/c1-11-6-3-4-7-13(11)14-8-5-9-20(14)17(22)16-19-21-12(2)18-10-15(21)23-16/h3-4,6-7,10,14H,5,8-9H2,1-2H3. The Balaban J connectivity index is 1.68. The third-order valence-corrected chi connectivity index (χ3v) is 5.45. The predicted octanol–water partition coefficient (Wildman–Crippen LogP) is 3.38. The first-order valence-electron chi connectivity index (χ1n) is 7.83. The Kier molecular flexibility index (Phi) is 3.41. The number of rotatable bonds is 2. The molecule has 1 atom stereocenters. The van der Waals surface area contributed by atoms with Gasteiger partial charge in [0.1, 0.15) is 10.7 Å². The van der Waals surface area contributed by atoms with Crippen LogP contribution in [0.15, 0.2) is 30.5 Å². The molecule has 3 aromatic rings. The quantitative estimate of drug-likeness (QED) is 0.725. The molecule has 2 aromatic heterocycles. The van der Waals surface area contributed by atoms with Gasteiger partial charge in [0.2, 0.25) is 5.01 Å². The zero-order chi connectivity index (χ0) is 16.0. The minimum Gasteiger partial charge on any atom is -0.329 e. The van der Waals surface area contributed by atoms with E-state index in [0.29, 0.717) is 5.01 Å². The van der Waals surface area contributed by atoms with E-state index in [1.165, 1.54) is 22.5 Å². The molecule has 1 saturated heterocycles. The molecule has 0 bridgehead atoms. The topological polar surface area (TPSA) is 50.5 Å². The summed E-state index contributed by atoms with van der Waals surface area (Å²) >= 11 is 1.41. The van der Waals surface area contributed by atoms with Gasteiger partial charge in [-0.25, -0.2) is 9.50 Å². The van der Waals surface area contributed by atoms with Gasteiger partial charge in [-0.2, -0.15) is 0 Å². The number of aryl methyl sites for hydroxylation is 2. The van der Waals surface area contributed by atoms with E-state index in [2.05, 4.69) is 29.1 Å². The van der Waals surface area contributed by atoms with Gasteiger partial charge in [0, 0.05) is 6.54 Å². The number of hydrogen-bond acceptors (Lipinski definition) is 4. The molecule has 23 heavy (non-hydrogen) atoms. The van der Waals surface area contributed by atoms with Crippen molar-refractivity contribution < 1.29 is 4.79 Å². The molecule has 0 aliphatic carbocycles. The lowest BCUT2D eigenvalue weighted by atomic mass is 9.99. The van der Waals surface area contributed by atoms with Crippen molar-refractivity contribution in [3.05, 3.63) is 52.4 Å². The van der Waals surface area contributed by atoms with Gasteiger partial charge in [-0.3, -0.25) is 4.79 Å². The highest BCUT2D eigenvalue weighted by molar-refractivity contribution is 7.18. The second-order valence-electron chi connectivity index (χ2n) is 5.98. The lowest BCUT2D eigenvalue weighted by Crippen LogP contribution is -2.31. The maximum atomic E-state index is 13.0. The van der Waals surface area contributed by atoms with Crippen molar-refractivity contribution in [1.82, 2.24) is 19.5 Å². The second kappa shape index (κ2) is 5.45. The van der Waals surface area contributed by atoms with E-state index in [1.807, 2.05) is 24.0 Å². The highest BCUT2D eigenvalue weighted by Crippen LogP contribution is 2.35. The average molecular weight is 326 g/mol. The zero-order valence-electron chi connectivity index (χ0n) is 13.2. The molecule has 1 aromatic carbocycles. The van der Waals surface area contributed by atoms with Crippen molar-refractivity contribution in [1.29, 1.82) is 0 Å². The Morgan fingerprint density at radius 3 is 2.91 bits per heavy atom. The predicted molar refractivity (Wildman–Crippen MR) is 89.8 cm³/mol. The number of carbonyl (C=O) groups is 1. The number of aromatic nitrogens is 3. The maximum absolute atomic E-state index is 13.0. The molecule has 4 rings (SSSR count). The first-order valence-corrected chi connectivity index (χ1v) is 8.64. The molecule has 1 unspecified atom stereocenters. The summed E-state index contributed by atoms with van der Waals surface area (Å²) in [5.74, 6) is 0.844. The normalized spacial score (nSPS) is 18.0. The van der Waals surface area contributed by atoms with Crippen LogP contribution in [0.5, 0.6) is 0 Å². The molecule has 0 spiro atoms. The molecule has 0 N–H and O–H groups in total. The van der Waals surface area contributed by atoms with Gasteiger partial charge in [-0.1, -0.05) is 35.6 Å². The molecular weight excluding hydrogens is 308 g/mol. The Morgan fingerprint density at radius 1 is 1.30 bits per heavy atom. The number of benzene rings is 1. The van der Waals surface area contributed by atoms with Crippen LogP contribution in [0.4, 0.5) is 0 Å². The number of carbonyl (C=O) groups excluding carboxylic acids is 1. The number of hydrogen-bond donors (Lipinski definition) is 0. The first-order chi connectivity index (χ1) is 11.1. The van der Waals surface area contributed by atoms with Crippen molar-refractivity contribution >= 4 is 22.1 Å². The van der Waals surface area contributed by atoms with Gasteiger partial charge in [0.05, 0.1) is 12.2 Å². The summed E-state index contributed by atoms with van der Waals surface area (Å²) in [5.41, 5.74) is 2.49. The van der Waals surface area contributed by atoms with Crippen molar-refractivity contribution in [2.24, 2.45) is 0 Å². The van der Waals surface area contributed by atoms with E-state index in [4.69, 9.17) is 0 Å². The van der Waals surface area contributed by atoms with E-state index in [0.717, 1.165) is 30.0 Å². The summed E-state index contributed by atoms with van der Waals surface area (Å²) in [6.45, 7) is 4.80. The number of likely N-dealkylation sites (tertiary alicyclic amines) is 1. The Morgan fingerprint density at radius 2 is 2.13 bits per heavy atom. The largest absolute Gasteiger partial charge is 0.329 e. The second-order valence-corrected chi connectivity index (χ2v) is 6.98. The van der Waals surface area contributed by atoms with Crippen LogP contribution in [0.3, 0.4) is 0 Å². The Bertz CT molecular complexity index is 882. The lowest BCUT2D eigenvalue weighted by Gasteiger charge is -2.25. The van der Waals surface area contributed by atoms with Gasteiger partial charge in [0.25, 0.3) is 5.91 Å². The van der Waals surface area contributed by atoms with Crippen LogP contribution in [-0.4, -0.2) is 31.9 Å². The fraction of sp³-hybridized carbons (Fsp3) is 0.353. The number of fused-ring (bicyclic) bond motifs is 1. The number of amides is 1. The molecule has 0 saturated carbocycles. The SMILES string of the molecule is Cc1ccccc1C1CCCN1C(=O)c1nn2c(C)ncc2s1. The molecule has 5 nitrogen and oxygen atoms in total. The third-order valence-electron chi connectivity index (χ3n) is 4.51. The third kappa shape index (κ3) is 2.34. The van der Waals surface area contributed by atoms with E-state index < -0.39 is 0 Å². The lowest BCUT2D eigenvalue weighted by molar-refractivity contribution is 0.0733. The van der Waals surface area contributed by atoms with Crippen LogP contribution >= 0.6 is 11.3 Å². The van der Waals surface area contributed by atoms with E-state index in [-0.39, 0.29) is 11.9 Å². The summed E-state index contributed by atoms with van der Waals surface area (Å²) in [4.78, 5) is 20.1. The Hall–Kier alpha value is -2.21. The smallest absolute Gasteiger partial charge is 0.285 e. The molecule has 1 amide bonds. The van der Waals surface area contributed by atoms with E-state index >= 15 is 0 Å². The van der Waals surface area contributed by atoms with Crippen LogP contribution < -0.4 is 0 Å². The minimum absolute atomic E-state index is 0.0313. The van der Waals surface area contributed by atoms with Crippen LogP contribution in [-0.2, 0) is 0 Å². The molecular formula is C17H18N4OS. The molecule has 3 heterocycles. The number of nitrogens with zero attached hydrogens (tertiary/aromatic N) is 4. The summed E-state index contributed by atoms with van der Waals surface area (Å²) < 4.78 is 1.75. The van der Waals surface area contributed by atoms with Gasteiger partial charge < -0.3 is 4.90 Å². The van der Waals surface area contributed by atoms with Crippen molar-refractivity contribution in [2.45, 2.75) is 32.7 Å². The molecule has 6 heteroatoms. The zero-order valence-corrected chi connectivity index (χ0v) is 14.0. The van der Waals surface area contributed by atoms with Crippen LogP contribution in [0, 0.1) is 13.8 Å². The molecule has 118 valence electrons. The fourth-order valence-electron chi connectivity index (χ4n) is 3.32. The van der Waals surface area contributed by atoms with E-state index in [9.17, 15) is 4.79 Å². The van der Waals surface area contributed by atoms with Crippen LogP contribution in [0.1, 0.15) is 45.6 Å². The summed E-state index contributed by atoms with van der Waals surface area (Å²) in [6, 6.07) is 8.49. The van der Waals surface area contributed by atoms with Crippen molar-refractivity contribution in [2.75, 3.05) is 6.54 Å². The minimum atomic E-state index is 0.0313. The highest BCUT2D eigenvalue weighted by atomic mass is 32.1. The monoisotopic (exact) mass is 326 g/mol. The Labute approximate surface area is 138 Å². The molecule has 1 fully saturated rings. The van der Waals surface area contributed by atoms with Crippen molar-refractivity contribution in [3.8, 4) is 0 Å². The van der Waals surface area contributed by atoms with Gasteiger partial charge in [0.15, 0.2) is 0 Å². The molecule has 0 radical (unpaired) electrons. The van der Waals surface area contributed by atoms with Gasteiger partial charge >= 0.3 is 0 Å². The highest BCUT2D eigenvalue weighted by Gasteiger charge is 2.33. The van der Waals surface area contributed by atoms with Crippen molar-refractivity contribution in [3.63, 3.8) is 0 Å².